The Labute approximate surface area is 83.9 Å². The van der Waals surface area contributed by atoms with E-state index in [0.717, 1.165) is 4.47 Å². The molecule has 12 heavy (non-hydrogen) atoms. The second-order valence-corrected chi connectivity index (χ2v) is 3.48. The van der Waals surface area contributed by atoms with Gasteiger partial charge in [-0.2, -0.15) is 0 Å². The first kappa shape index (κ1) is 9.31. The smallest absolute Gasteiger partial charge is 0.235 e. The van der Waals surface area contributed by atoms with Crippen molar-refractivity contribution in [3.8, 4) is 12.3 Å². The highest BCUT2D eigenvalue weighted by atomic mass is 79.9. The predicted octanol–water partition coefficient (Wildman–Crippen LogP) is 2.92. The summed E-state index contributed by atoms with van der Waals surface area (Å²) in [5, 5.41) is 0.489. The number of ketones is 1. The highest BCUT2D eigenvalue weighted by Gasteiger charge is 2.03. The largest absolute Gasteiger partial charge is 0.279 e. The highest BCUT2D eigenvalue weighted by Crippen LogP contribution is 2.19. The molecule has 1 aromatic rings. The fraction of sp³-hybridized carbons (Fsp3) is 0. The van der Waals surface area contributed by atoms with Gasteiger partial charge < -0.3 is 0 Å². The molecule has 60 valence electrons. The molecule has 0 saturated carbocycles. The van der Waals surface area contributed by atoms with Crippen LogP contribution < -0.4 is 0 Å². The summed E-state index contributed by atoms with van der Waals surface area (Å²) in [6.45, 7) is 0. The average Bonchev–Trinajstić information content (AvgIpc) is 2.01. The molecule has 0 unspecified atom stereocenters. The van der Waals surface area contributed by atoms with Gasteiger partial charge in [0.05, 0.1) is 0 Å². The zero-order valence-electron chi connectivity index (χ0n) is 5.97. The molecule has 0 aliphatic heterocycles. The molecule has 0 aliphatic carbocycles. The molecule has 3 heteroatoms. The zero-order valence-corrected chi connectivity index (χ0v) is 8.32. The lowest BCUT2D eigenvalue weighted by atomic mass is 10.1. The van der Waals surface area contributed by atoms with Crippen LogP contribution in [0.4, 0.5) is 0 Å². The van der Waals surface area contributed by atoms with Crippen molar-refractivity contribution in [3.63, 3.8) is 0 Å². The van der Waals surface area contributed by atoms with Crippen LogP contribution in [0, 0.1) is 12.3 Å². The number of halogens is 2. The van der Waals surface area contributed by atoms with Crippen molar-refractivity contribution >= 4 is 33.3 Å². The molecule has 0 saturated heterocycles. The van der Waals surface area contributed by atoms with Crippen molar-refractivity contribution in [2.45, 2.75) is 0 Å². The van der Waals surface area contributed by atoms with Gasteiger partial charge in [-0.25, -0.2) is 0 Å². The fourth-order valence-electron chi connectivity index (χ4n) is 0.768. The molecule has 0 radical (unpaired) electrons. The Kier molecular flexibility index (Phi) is 2.91. The van der Waals surface area contributed by atoms with E-state index in [4.69, 9.17) is 18.0 Å². The molecule has 1 nitrogen and oxygen atoms in total. The van der Waals surface area contributed by atoms with Crippen molar-refractivity contribution in [1.29, 1.82) is 0 Å². The number of hydrogen-bond donors (Lipinski definition) is 0. The SMILES string of the molecule is C#CC(=O)c1cc(Cl)cc(Br)c1. The molecule has 0 bridgehead atoms. The van der Waals surface area contributed by atoms with E-state index in [1.165, 1.54) is 6.07 Å². The average molecular weight is 243 g/mol. The summed E-state index contributed by atoms with van der Waals surface area (Å²) >= 11 is 8.91. The monoisotopic (exact) mass is 242 g/mol. The Hall–Kier alpha value is -0.780. The summed E-state index contributed by atoms with van der Waals surface area (Å²) in [6.07, 6.45) is 4.95. The van der Waals surface area contributed by atoms with Crippen molar-refractivity contribution in [2.24, 2.45) is 0 Å². The van der Waals surface area contributed by atoms with Gasteiger partial charge in [0.25, 0.3) is 0 Å². The molecular weight excluding hydrogens is 239 g/mol. The van der Waals surface area contributed by atoms with E-state index in [1.54, 1.807) is 12.1 Å². The number of Topliss-reactive ketones (excluding diaryl/α,β-unsaturated/α-hetero) is 1. The maximum Gasteiger partial charge on any atom is 0.235 e. The topological polar surface area (TPSA) is 17.1 Å². The van der Waals surface area contributed by atoms with Crippen LogP contribution in [0.15, 0.2) is 22.7 Å². The minimum Gasteiger partial charge on any atom is -0.279 e. The lowest BCUT2D eigenvalue weighted by Crippen LogP contribution is -1.93. The lowest BCUT2D eigenvalue weighted by molar-refractivity contribution is 0.105. The maximum atomic E-state index is 11.0. The molecule has 1 rings (SSSR count). The molecule has 0 heterocycles. The number of carbonyl (C=O) groups is 1. The predicted molar refractivity (Wildman–Crippen MR) is 52.3 cm³/mol. The minimum absolute atomic E-state index is 0.363. The second-order valence-electron chi connectivity index (χ2n) is 2.13. The van der Waals surface area contributed by atoms with Gasteiger partial charge in [-0.3, -0.25) is 4.79 Å². The van der Waals surface area contributed by atoms with E-state index in [0.29, 0.717) is 10.6 Å². The van der Waals surface area contributed by atoms with Gasteiger partial charge in [0.15, 0.2) is 0 Å². The van der Waals surface area contributed by atoms with Gasteiger partial charge in [-0.1, -0.05) is 27.5 Å². The first-order valence-corrected chi connectivity index (χ1v) is 4.27. The van der Waals surface area contributed by atoms with Gasteiger partial charge in [-0.15, -0.1) is 6.42 Å². The van der Waals surface area contributed by atoms with Gasteiger partial charge in [0.1, 0.15) is 0 Å². The second kappa shape index (κ2) is 3.75. The summed E-state index contributed by atoms with van der Waals surface area (Å²) in [4.78, 5) is 11.0. The van der Waals surface area contributed by atoms with E-state index < -0.39 is 0 Å². The third-order valence-electron chi connectivity index (χ3n) is 1.26. The quantitative estimate of drug-likeness (QED) is 0.421. The van der Waals surface area contributed by atoms with Crippen LogP contribution in [0.1, 0.15) is 10.4 Å². The van der Waals surface area contributed by atoms with Gasteiger partial charge >= 0.3 is 0 Å². The van der Waals surface area contributed by atoms with Crippen LogP contribution in [0.2, 0.25) is 5.02 Å². The molecular formula is C9H4BrClO. The van der Waals surface area contributed by atoms with E-state index >= 15 is 0 Å². The highest BCUT2D eigenvalue weighted by molar-refractivity contribution is 9.10. The summed E-state index contributed by atoms with van der Waals surface area (Å²) in [7, 11) is 0. The maximum absolute atomic E-state index is 11.0. The van der Waals surface area contributed by atoms with E-state index in [2.05, 4.69) is 15.9 Å². The van der Waals surface area contributed by atoms with E-state index in [-0.39, 0.29) is 5.78 Å². The normalized spacial score (nSPS) is 9.08. The third-order valence-corrected chi connectivity index (χ3v) is 1.93. The Balaban J connectivity index is 3.19. The van der Waals surface area contributed by atoms with Gasteiger partial charge in [-0.05, 0) is 24.1 Å². The Morgan fingerprint density at radius 3 is 2.67 bits per heavy atom. The van der Waals surface area contributed by atoms with Crippen LogP contribution in [-0.2, 0) is 0 Å². The van der Waals surface area contributed by atoms with Crippen LogP contribution in [0.25, 0.3) is 0 Å². The molecule has 1 aromatic carbocycles. The zero-order chi connectivity index (χ0) is 9.14. The fourth-order valence-corrected chi connectivity index (χ4v) is 1.63. The summed E-state index contributed by atoms with van der Waals surface area (Å²) in [6, 6.07) is 4.86. The summed E-state index contributed by atoms with van der Waals surface area (Å²) in [5.74, 6) is 1.65. The van der Waals surface area contributed by atoms with Crippen molar-refractivity contribution in [2.75, 3.05) is 0 Å². The van der Waals surface area contributed by atoms with Gasteiger partial charge in [0.2, 0.25) is 5.78 Å². The first-order chi connectivity index (χ1) is 5.63. The number of benzene rings is 1. The summed E-state index contributed by atoms with van der Waals surface area (Å²) < 4.78 is 0.744. The van der Waals surface area contributed by atoms with Crippen LogP contribution in [0.3, 0.4) is 0 Å². The Morgan fingerprint density at radius 1 is 1.50 bits per heavy atom. The standard InChI is InChI=1S/C9H4BrClO/c1-2-9(12)6-3-7(10)5-8(11)4-6/h1,3-5H. The van der Waals surface area contributed by atoms with Crippen molar-refractivity contribution < 1.29 is 4.79 Å². The summed E-state index contributed by atoms with van der Waals surface area (Å²) in [5.41, 5.74) is 0.428. The molecule has 0 spiro atoms. The number of hydrogen-bond acceptors (Lipinski definition) is 1. The lowest BCUT2D eigenvalue weighted by Gasteiger charge is -1.96. The van der Waals surface area contributed by atoms with Gasteiger partial charge in [0, 0.05) is 15.1 Å². The molecule has 0 fully saturated rings. The third kappa shape index (κ3) is 2.10. The first-order valence-electron chi connectivity index (χ1n) is 3.10. The number of carbonyl (C=O) groups excluding carboxylic acids is 1. The molecule has 0 aromatic heterocycles. The minimum atomic E-state index is -0.363. The van der Waals surface area contributed by atoms with Crippen molar-refractivity contribution in [3.05, 3.63) is 33.3 Å². The van der Waals surface area contributed by atoms with Crippen molar-refractivity contribution in [1.82, 2.24) is 0 Å². The van der Waals surface area contributed by atoms with E-state index in [9.17, 15) is 4.79 Å². The molecule has 0 N–H and O–H groups in total. The molecule has 0 amide bonds. The molecule has 0 aliphatic rings. The van der Waals surface area contributed by atoms with E-state index in [1.807, 2.05) is 5.92 Å². The Bertz CT molecular complexity index is 345. The molecule has 0 atom stereocenters. The van der Waals surface area contributed by atoms with Crippen LogP contribution >= 0.6 is 27.5 Å². The van der Waals surface area contributed by atoms with Crippen LogP contribution in [-0.4, -0.2) is 5.78 Å². The number of terminal acetylenes is 1. The number of rotatable bonds is 1. The van der Waals surface area contributed by atoms with Crippen LogP contribution in [0.5, 0.6) is 0 Å². The Morgan fingerprint density at radius 2 is 2.17 bits per heavy atom.